The second-order valence-electron chi connectivity index (χ2n) is 3.17. The van der Waals surface area contributed by atoms with Crippen LogP contribution in [-0.4, -0.2) is 0 Å². The zero-order valence-corrected chi connectivity index (χ0v) is 7.85. The molecule has 0 fully saturated rings. The largest absolute Gasteiger partial charge is 0.300 e. The molecule has 2 nitrogen and oxygen atoms in total. The van der Waals surface area contributed by atoms with Crippen molar-refractivity contribution < 1.29 is 4.84 Å². The SMILES string of the molecule is Cc1cc(C)c(CON)cc1C. The Hall–Kier alpha value is -0.860. The zero-order chi connectivity index (χ0) is 9.14. The van der Waals surface area contributed by atoms with Gasteiger partial charge in [-0.05, 0) is 43.0 Å². The molecular weight excluding hydrogens is 150 g/mol. The van der Waals surface area contributed by atoms with Crippen molar-refractivity contribution in [2.24, 2.45) is 5.90 Å². The fourth-order valence-corrected chi connectivity index (χ4v) is 1.27. The van der Waals surface area contributed by atoms with Crippen molar-refractivity contribution in [2.45, 2.75) is 27.4 Å². The molecule has 12 heavy (non-hydrogen) atoms. The smallest absolute Gasteiger partial charge is 0.0932 e. The van der Waals surface area contributed by atoms with Crippen molar-refractivity contribution in [1.82, 2.24) is 0 Å². The van der Waals surface area contributed by atoms with E-state index in [1.807, 2.05) is 0 Å². The summed E-state index contributed by atoms with van der Waals surface area (Å²) >= 11 is 0. The molecule has 1 rings (SSSR count). The highest BCUT2D eigenvalue weighted by Crippen LogP contribution is 2.15. The molecule has 0 heterocycles. The summed E-state index contributed by atoms with van der Waals surface area (Å²) in [7, 11) is 0. The van der Waals surface area contributed by atoms with Crippen LogP contribution in [-0.2, 0) is 11.4 Å². The van der Waals surface area contributed by atoms with Crippen LogP contribution in [0.5, 0.6) is 0 Å². The lowest BCUT2D eigenvalue weighted by molar-refractivity contribution is 0.123. The Bertz CT molecular complexity index is 281. The third kappa shape index (κ3) is 1.84. The predicted octanol–water partition coefficient (Wildman–Crippen LogP) is 2.00. The van der Waals surface area contributed by atoms with Crippen LogP contribution in [0.15, 0.2) is 12.1 Å². The third-order valence-electron chi connectivity index (χ3n) is 2.19. The summed E-state index contributed by atoms with van der Waals surface area (Å²) in [5, 5.41) is 0. The van der Waals surface area contributed by atoms with Crippen molar-refractivity contribution in [3.8, 4) is 0 Å². The maximum absolute atomic E-state index is 5.02. The number of hydrogen-bond acceptors (Lipinski definition) is 2. The Kier molecular flexibility index (Phi) is 2.84. The molecule has 1 aromatic rings. The summed E-state index contributed by atoms with van der Waals surface area (Å²) in [5.41, 5.74) is 5.00. The Labute approximate surface area is 73.3 Å². The fourth-order valence-electron chi connectivity index (χ4n) is 1.27. The summed E-state index contributed by atoms with van der Waals surface area (Å²) in [4.78, 5) is 4.60. The van der Waals surface area contributed by atoms with Crippen LogP contribution < -0.4 is 5.90 Å². The van der Waals surface area contributed by atoms with Crippen LogP contribution in [0.3, 0.4) is 0 Å². The molecule has 0 atom stereocenters. The van der Waals surface area contributed by atoms with Crippen LogP contribution in [0.4, 0.5) is 0 Å². The molecule has 0 amide bonds. The first kappa shape index (κ1) is 9.23. The van der Waals surface area contributed by atoms with Gasteiger partial charge < -0.3 is 0 Å². The van der Waals surface area contributed by atoms with E-state index in [0.29, 0.717) is 6.61 Å². The molecule has 1 aromatic carbocycles. The van der Waals surface area contributed by atoms with Gasteiger partial charge in [0.05, 0.1) is 6.61 Å². The first-order valence-electron chi connectivity index (χ1n) is 4.03. The van der Waals surface area contributed by atoms with Gasteiger partial charge in [-0.2, -0.15) is 0 Å². The molecule has 0 aromatic heterocycles. The van der Waals surface area contributed by atoms with E-state index in [9.17, 15) is 0 Å². The summed E-state index contributed by atoms with van der Waals surface area (Å²) < 4.78 is 0. The van der Waals surface area contributed by atoms with Crippen molar-refractivity contribution >= 4 is 0 Å². The molecule has 0 radical (unpaired) electrons. The Balaban J connectivity index is 3.05. The fraction of sp³-hybridized carbons (Fsp3) is 0.400. The molecule has 0 spiro atoms. The summed E-state index contributed by atoms with van der Waals surface area (Å²) in [6, 6.07) is 4.28. The Morgan fingerprint density at radius 2 is 1.67 bits per heavy atom. The maximum Gasteiger partial charge on any atom is 0.0932 e. The quantitative estimate of drug-likeness (QED) is 0.680. The van der Waals surface area contributed by atoms with Gasteiger partial charge in [0.25, 0.3) is 0 Å². The van der Waals surface area contributed by atoms with Gasteiger partial charge in [0, 0.05) is 0 Å². The molecule has 0 saturated carbocycles. The average molecular weight is 165 g/mol. The van der Waals surface area contributed by atoms with Crippen LogP contribution in [0.25, 0.3) is 0 Å². The summed E-state index contributed by atoms with van der Waals surface area (Å²) in [6.45, 7) is 6.76. The molecule has 0 unspecified atom stereocenters. The molecular formula is C10H15NO. The van der Waals surface area contributed by atoms with Crippen molar-refractivity contribution in [2.75, 3.05) is 0 Å². The lowest BCUT2D eigenvalue weighted by Gasteiger charge is -2.07. The van der Waals surface area contributed by atoms with E-state index < -0.39 is 0 Å². The molecule has 2 heteroatoms. The van der Waals surface area contributed by atoms with E-state index in [1.54, 1.807) is 0 Å². The first-order chi connectivity index (χ1) is 5.65. The lowest BCUT2D eigenvalue weighted by atomic mass is 10.0. The van der Waals surface area contributed by atoms with E-state index in [4.69, 9.17) is 5.90 Å². The number of hydrogen-bond donors (Lipinski definition) is 1. The van der Waals surface area contributed by atoms with Gasteiger partial charge in [0.15, 0.2) is 0 Å². The Morgan fingerprint density at radius 1 is 1.08 bits per heavy atom. The van der Waals surface area contributed by atoms with Crippen LogP contribution >= 0.6 is 0 Å². The van der Waals surface area contributed by atoms with Gasteiger partial charge in [-0.3, -0.25) is 4.84 Å². The van der Waals surface area contributed by atoms with E-state index in [1.165, 1.54) is 22.3 Å². The summed E-state index contributed by atoms with van der Waals surface area (Å²) in [5.74, 6) is 5.02. The zero-order valence-electron chi connectivity index (χ0n) is 7.85. The molecule has 0 bridgehead atoms. The van der Waals surface area contributed by atoms with E-state index in [0.717, 1.165) is 0 Å². The van der Waals surface area contributed by atoms with Gasteiger partial charge in [-0.25, -0.2) is 5.90 Å². The highest BCUT2D eigenvalue weighted by Gasteiger charge is 2.00. The highest BCUT2D eigenvalue weighted by atomic mass is 16.6. The molecule has 0 aliphatic carbocycles. The number of benzene rings is 1. The van der Waals surface area contributed by atoms with Gasteiger partial charge in [-0.15, -0.1) is 0 Å². The average Bonchev–Trinajstić information content (AvgIpc) is 2.01. The third-order valence-corrected chi connectivity index (χ3v) is 2.19. The molecule has 0 saturated heterocycles. The number of nitrogens with two attached hydrogens (primary N) is 1. The Morgan fingerprint density at radius 3 is 2.25 bits per heavy atom. The minimum Gasteiger partial charge on any atom is -0.300 e. The minimum atomic E-state index is 0.493. The minimum absolute atomic E-state index is 0.493. The van der Waals surface area contributed by atoms with Crippen molar-refractivity contribution in [3.05, 3.63) is 34.4 Å². The van der Waals surface area contributed by atoms with E-state index >= 15 is 0 Å². The second kappa shape index (κ2) is 3.70. The lowest BCUT2D eigenvalue weighted by Crippen LogP contribution is -2.01. The van der Waals surface area contributed by atoms with Crippen molar-refractivity contribution in [1.29, 1.82) is 0 Å². The number of aryl methyl sites for hydroxylation is 3. The molecule has 0 aliphatic rings. The van der Waals surface area contributed by atoms with E-state index in [-0.39, 0.29) is 0 Å². The monoisotopic (exact) mass is 165 g/mol. The van der Waals surface area contributed by atoms with Crippen LogP contribution in [0.1, 0.15) is 22.3 Å². The van der Waals surface area contributed by atoms with Gasteiger partial charge >= 0.3 is 0 Å². The van der Waals surface area contributed by atoms with Crippen LogP contribution in [0, 0.1) is 20.8 Å². The topological polar surface area (TPSA) is 35.2 Å². The maximum atomic E-state index is 5.02. The van der Waals surface area contributed by atoms with Crippen LogP contribution in [0.2, 0.25) is 0 Å². The van der Waals surface area contributed by atoms with Gasteiger partial charge in [0.2, 0.25) is 0 Å². The number of rotatable bonds is 2. The van der Waals surface area contributed by atoms with Gasteiger partial charge in [-0.1, -0.05) is 12.1 Å². The summed E-state index contributed by atoms with van der Waals surface area (Å²) in [6.07, 6.45) is 0. The normalized spacial score (nSPS) is 10.3. The van der Waals surface area contributed by atoms with E-state index in [2.05, 4.69) is 37.7 Å². The standard InChI is InChI=1S/C10H15NO/c1-7-4-9(3)10(6-12-11)5-8(7)2/h4-5H,6,11H2,1-3H3. The molecule has 2 N–H and O–H groups in total. The second-order valence-corrected chi connectivity index (χ2v) is 3.17. The molecule has 0 aliphatic heterocycles. The van der Waals surface area contributed by atoms with Crippen molar-refractivity contribution in [3.63, 3.8) is 0 Å². The van der Waals surface area contributed by atoms with Gasteiger partial charge in [0.1, 0.15) is 0 Å². The highest BCUT2D eigenvalue weighted by molar-refractivity contribution is 5.35. The molecule has 66 valence electrons. The first-order valence-corrected chi connectivity index (χ1v) is 4.03. The predicted molar refractivity (Wildman–Crippen MR) is 49.6 cm³/mol.